The largest absolute Gasteiger partial charge is 0.438 e. The Hall–Kier alpha value is -1.52. The lowest BCUT2D eigenvalue weighted by atomic mass is 10.3. The van der Waals surface area contributed by atoms with Crippen LogP contribution in [0.15, 0.2) is 35.2 Å². The highest BCUT2D eigenvalue weighted by Crippen LogP contribution is 2.25. The maximum absolute atomic E-state index is 11.6. The van der Waals surface area contributed by atoms with E-state index in [1.54, 1.807) is 18.2 Å². The van der Waals surface area contributed by atoms with Crippen molar-refractivity contribution in [3.8, 4) is 0 Å². The van der Waals surface area contributed by atoms with Gasteiger partial charge in [0.1, 0.15) is 0 Å². The van der Waals surface area contributed by atoms with Crippen LogP contribution in [0.3, 0.4) is 0 Å². The van der Waals surface area contributed by atoms with E-state index in [0.29, 0.717) is 15.7 Å². The Morgan fingerprint density at radius 1 is 1.31 bits per heavy atom. The molecule has 0 saturated carbocycles. The molecule has 0 unspecified atom stereocenters. The molecule has 1 amide bonds. The molecule has 0 saturated heterocycles. The molecule has 0 spiro atoms. The number of oxazole rings is 1. The summed E-state index contributed by atoms with van der Waals surface area (Å²) in [6.45, 7) is 0. The topological polar surface area (TPSA) is 55.1 Å². The predicted molar refractivity (Wildman–Crippen MR) is 60.9 cm³/mol. The second-order valence-electron chi connectivity index (χ2n) is 2.95. The highest BCUT2D eigenvalue weighted by atomic mass is 35.5. The number of nitrogens with zero attached hydrogens (tertiary/aromatic N) is 1. The predicted octanol–water partition coefficient (Wildman–Crippen LogP) is 3.23. The Morgan fingerprint density at radius 2 is 2.12 bits per heavy atom. The highest BCUT2D eigenvalue weighted by molar-refractivity contribution is 6.42. The number of halogens is 2. The van der Waals surface area contributed by atoms with E-state index in [4.69, 9.17) is 27.6 Å². The minimum absolute atomic E-state index is 0.131. The Morgan fingerprint density at radius 3 is 2.75 bits per heavy atom. The Bertz CT molecular complexity index is 512. The normalized spacial score (nSPS) is 10.1. The van der Waals surface area contributed by atoms with Crippen molar-refractivity contribution in [3.05, 3.63) is 46.6 Å². The summed E-state index contributed by atoms with van der Waals surface area (Å²) in [5.41, 5.74) is 0.538. The van der Waals surface area contributed by atoms with Gasteiger partial charge in [-0.1, -0.05) is 23.2 Å². The first kappa shape index (κ1) is 11.0. The number of hydrogen-bond acceptors (Lipinski definition) is 3. The zero-order valence-corrected chi connectivity index (χ0v) is 9.42. The second-order valence-corrected chi connectivity index (χ2v) is 3.76. The summed E-state index contributed by atoms with van der Waals surface area (Å²) in [5.74, 6) is -0.262. The maximum Gasteiger partial charge on any atom is 0.293 e. The van der Waals surface area contributed by atoms with Crippen LogP contribution in [0.5, 0.6) is 0 Å². The molecule has 0 aliphatic rings. The molecule has 82 valence electrons. The molecule has 0 bridgehead atoms. The molecular formula is C10H6Cl2N2O2. The molecule has 1 N–H and O–H groups in total. The number of aromatic nitrogens is 1. The minimum Gasteiger partial charge on any atom is -0.438 e. The lowest BCUT2D eigenvalue weighted by molar-refractivity contribution is 0.0996. The summed E-state index contributed by atoms with van der Waals surface area (Å²) in [4.78, 5) is 15.2. The van der Waals surface area contributed by atoms with E-state index < -0.39 is 5.91 Å². The molecule has 1 aromatic heterocycles. The summed E-state index contributed by atoms with van der Waals surface area (Å²) in [6.07, 6.45) is 2.51. The zero-order valence-electron chi connectivity index (χ0n) is 7.91. The van der Waals surface area contributed by atoms with Gasteiger partial charge in [0.2, 0.25) is 5.76 Å². The minimum atomic E-state index is -0.393. The van der Waals surface area contributed by atoms with Gasteiger partial charge in [-0.15, -0.1) is 0 Å². The number of anilines is 1. The lowest BCUT2D eigenvalue weighted by Gasteiger charge is -2.03. The number of nitrogens with one attached hydrogen (secondary N) is 1. The van der Waals surface area contributed by atoms with Crippen molar-refractivity contribution < 1.29 is 9.21 Å². The van der Waals surface area contributed by atoms with Gasteiger partial charge in [-0.25, -0.2) is 4.98 Å². The third kappa shape index (κ3) is 2.35. The summed E-state index contributed by atoms with van der Waals surface area (Å²) in [6, 6.07) is 4.79. The SMILES string of the molecule is O=C(Nc1ccc(Cl)c(Cl)c1)c1cnco1. The van der Waals surface area contributed by atoms with Crippen LogP contribution < -0.4 is 5.32 Å². The number of amides is 1. The second kappa shape index (κ2) is 4.55. The van der Waals surface area contributed by atoms with Crippen LogP contribution in [0.4, 0.5) is 5.69 Å². The Labute approximate surface area is 101 Å². The van der Waals surface area contributed by atoms with E-state index in [-0.39, 0.29) is 5.76 Å². The highest BCUT2D eigenvalue weighted by Gasteiger charge is 2.09. The van der Waals surface area contributed by atoms with Gasteiger partial charge in [-0.2, -0.15) is 0 Å². The molecule has 2 aromatic rings. The van der Waals surface area contributed by atoms with Crippen LogP contribution in [-0.4, -0.2) is 10.9 Å². The summed E-state index contributed by atoms with van der Waals surface area (Å²) in [5, 5.41) is 3.40. The van der Waals surface area contributed by atoms with Crippen molar-refractivity contribution in [2.24, 2.45) is 0 Å². The average Bonchev–Trinajstić information content (AvgIpc) is 2.77. The van der Waals surface area contributed by atoms with Crippen molar-refractivity contribution in [1.82, 2.24) is 4.98 Å². The molecule has 0 aliphatic heterocycles. The average molecular weight is 257 g/mol. The van der Waals surface area contributed by atoms with Gasteiger partial charge < -0.3 is 9.73 Å². The molecule has 1 heterocycles. The molecule has 1 aromatic carbocycles. The van der Waals surface area contributed by atoms with Crippen LogP contribution in [-0.2, 0) is 0 Å². The zero-order chi connectivity index (χ0) is 11.5. The lowest BCUT2D eigenvalue weighted by Crippen LogP contribution is -2.10. The van der Waals surface area contributed by atoms with E-state index in [0.717, 1.165) is 0 Å². The van der Waals surface area contributed by atoms with Gasteiger partial charge in [0.05, 0.1) is 16.2 Å². The van der Waals surface area contributed by atoms with Crippen molar-refractivity contribution in [1.29, 1.82) is 0 Å². The quantitative estimate of drug-likeness (QED) is 0.898. The molecule has 0 fully saturated rings. The number of rotatable bonds is 2. The first-order chi connectivity index (χ1) is 7.66. The molecule has 0 aliphatic carbocycles. The van der Waals surface area contributed by atoms with Crippen LogP contribution in [0.1, 0.15) is 10.6 Å². The molecule has 0 atom stereocenters. The van der Waals surface area contributed by atoms with Crippen LogP contribution in [0.2, 0.25) is 10.0 Å². The molecular weight excluding hydrogens is 251 g/mol. The smallest absolute Gasteiger partial charge is 0.293 e. The summed E-state index contributed by atoms with van der Waals surface area (Å²) in [7, 11) is 0. The fourth-order valence-corrected chi connectivity index (χ4v) is 1.39. The Balaban J connectivity index is 2.15. The summed E-state index contributed by atoms with van der Waals surface area (Å²) >= 11 is 11.5. The standard InChI is InChI=1S/C10H6Cl2N2O2/c11-7-2-1-6(3-8(7)12)14-10(15)9-4-13-5-16-9/h1-5H,(H,14,15). The van der Waals surface area contributed by atoms with E-state index in [1.807, 2.05) is 0 Å². The van der Waals surface area contributed by atoms with Gasteiger partial charge in [0, 0.05) is 5.69 Å². The summed E-state index contributed by atoms with van der Waals surface area (Å²) < 4.78 is 4.84. The third-order valence-electron chi connectivity index (χ3n) is 1.83. The van der Waals surface area contributed by atoms with E-state index in [9.17, 15) is 4.79 Å². The van der Waals surface area contributed by atoms with E-state index in [2.05, 4.69) is 10.3 Å². The Kier molecular flexibility index (Phi) is 3.12. The molecule has 4 nitrogen and oxygen atoms in total. The van der Waals surface area contributed by atoms with Crippen LogP contribution >= 0.6 is 23.2 Å². The molecule has 16 heavy (non-hydrogen) atoms. The molecule has 0 radical (unpaired) electrons. The number of carbonyl (C=O) groups is 1. The van der Waals surface area contributed by atoms with Crippen LogP contribution in [0, 0.1) is 0 Å². The van der Waals surface area contributed by atoms with Crippen molar-refractivity contribution >= 4 is 34.8 Å². The number of carbonyl (C=O) groups excluding carboxylic acids is 1. The van der Waals surface area contributed by atoms with Crippen LogP contribution in [0.25, 0.3) is 0 Å². The van der Waals surface area contributed by atoms with E-state index in [1.165, 1.54) is 12.6 Å². The first-order valence-electron chi connectivity index (χ1n) is 4.32. The third-order valence-corrected chi connectivity index (χ3v) is 2.57. The molecule has 2 rings (SSSR count). The van der Waals surface area contributed by atoms with Gasteiger partial charge in [-0.05, 0) is 18.2 Å². The van der Waals surface area contributed by atoms with Crippen molar-refractivity contribution in [2.45, 2.75) is 0 Å². The van der Waals surface area contributed by atoms with Gasteiger partial charge in [-0.3, -0.25) is 4.79 Å². The fraction of sp³-hybridized carbons (Fsp3) is 0. The monoisotopic (exact) mass is 256 g/mol. The van der Waals surface area contributed by atoms with Gasteiger partial charge >= 0.3 is 0 Å². The van der Waals surface area contributed by atoms with Gasteiger partial charge in [0.15, 0.2) is 6.39 Å². The molecule has 6 heteroatoms. The van der Waals surface area contributed by atoms with Crippen molar-refractivity contribution in [3.63, 3.8) is 0 Å². The number of benzene rings is 1. The maximum atomic E-state index is 11.6. The van der Waals surface area contributed by atoms with Crippen molar-refractivity contribution in [2.75, 3.05) is 5.32 Å². The number of hydrogen-bond donors (Lipinski definition) is 1. The first-order valence-corrected chi connectivity index (χ1v) is 5.07. The fourth-order valence-electron chi connectivity index (χ4n) is 1.09. The van der Waals surface area contributed by atoms with Gasteiger partial charge in [0.25, 0.3) is 5.91 Å². The van der Waals surface area contributed by atoms with E-state index >= 15 is 0 Å².